The van der Waals surface area contributed by atoms with Crippen LogP contribution in [-0.4, -0.2) is 14.5 Å². The van der Waals surface area contributed by atoms with Crippen molar-refractivity contribution in [1.82, 2.24) is 14.5 Å². The van der Waals surface area contributed by atoms with Crippen molar-refractivity contribution in [3.05, 3.63) is 71.0 Å². The predicted molar refractivity (Wildman–Crippen MR) is 78.7 cm³/mol. The van der Waals surface area contributed by atoms with E-state index in [0.29, 0.717) is 11.0 Å². The largest absolute Gasteiger partial charge is 0.327 e. The number of imidazole rings is 1. The lowest BCUT2D eigenvalue weighted by molar-refractivity contribution is 0.619. The maximum Gasteiger partial charge on any atom is 0.140 e. The van der Waals surface area contributed by atoms with Crippen LogP contribution in [0.5, 0.6) is 0 Å². The zero-order valence-corrected chi connectivity index (χ0v) is 12.1. The molecule has 2 aromatic heterocycles. The molecule has 3 nitrogen and oxygen atoms in total. The second kappa shape index (κ2) is 5.54. The molecule has 0 saturated heterocycles. The van der Waals surface area contributed by atoms with Gasteiger partial charge in [0.1, 0.15) is 11.6 Å². The molecular formula is C15H11BrFN3. The smallest absolute Gasteiger partial charge is 0.140 e. The molecule has 0 aliphatic heterocycles. The highest BCUT2D eigenvalue weighted by Crippen LogP contribution is 2.20. The van der Waals surface area contributed by atoms with E-state index in [1.54, 1.807) is 30.7 Å². The third-order valence-electron chi connectivity index (χ3n) is 2.99. The van der Waals surface area contributed by atoms with Crippen LogP contribution in [0.2, 0.25) is 0 Å². The molecule has 0 spiro atoms. The maximum atomic E-state index is 13.2. The van der Waals surface area contributed by atoms with Crippen molar-refractivity contribution < 1.29 is 4.39 Å². The van der Waals surface area contributed by atoms with Gasteiger partial charge in [0, 0.05) is 36.9 Å². The Morgan fingerprint density at radius 2 is 1.90 bits per heavy atom. The van der Waals surface area contributed by atoms with Gasteiger partial charge in [-0.3, -0.25) is 4.98 Å². The standard InChI is InChI=1S/C15H11BrFN3/c16-13-9-11(1-2-14(13)17)10-20-8-7-19-15(20)12-3-5-18-6-4-12/h1-9H,10H2. The Hall–Kier alpha value is -2.01. The van der Waals surface area contributed by atoms with E-state index < -0.39 is 0 Å². The SMILES string of the molecule is Fc1ccc(Cn2ccnc2-c2ccncc2)cc1Br. The van der Waals surface area contributed by atoms with E-state index in [1.165, 1.54) is 6.07 Å². The van der Waals surface area contributed by atoms with E-state index in [2.05, 4.69) is 25.9 Å². The van der Waals surface area contributed by atoms with Gasteiger partial charge in [-0.25, -0.2) is 9.37 Å². The summed E-state index contributed by atoms with van der Waals surface area (Å²) in [4.78, 5) is 8.38. The first-order valence-corrected chi connectivity index (χ1v) is 6.89. The van der Waals surface area contributed by atoms with E-state index in [1.807, 2.05) is 22.9 Å². The summed E-state index contributed by atoms with van der Waals surface area (Å²) in [7, 11) is 0. The number of hydrogen-bond acceptors (Lipinski definition) is 2. The number of benzene rings is 1. The molecule has 0 radical (unpaired) electrons. The van der Waals surface area contributed by atoms with Gasteiger partial charge in [-0.05, 0) is 45.8 Å². The third kappa shape index (κ3) is 2.63. The van der Waals surface area contributed by atoms with Crippen LogP contribution in [0.1, 0.15) is 5.56 Å². The molecule has 0 N–H and O–H groups in total. The fourth-order valence-electron chi connectivity index (χ4n) is 2.03. The van der Waals surface area contributed by atoms with Gasteiger partial charge in [-0.1, -0.05) is 6.07 Å². The molecule has 0 aliphatic carbocycles. The number of rotatable bonds is 3. The lowest BCUT2D eigenvalue weighted by Crippen LogP contribution is -2.01. The van der Waals surface area contributed by atoms with Crippen molar-refractivity contribution in [2.24, 2.45) is 0 Å². The predicted octanol–water partition coefficient (Wildman–Crippen LogP) is 3.90. The Morgan fingerprint density at radius 1 is 1.10 bits per heavy atom. The third-order valence-corrected chi connectivity index (χ3v) is 3.60. The molecule has 1 aromatic carbocycles. The average molecular weight is 332 g/mol. The van der Waals surface area contributed by atoms with Crippen LogP contribution >= 0.6 is 15.9 Å². The molecule has 0 atom stereocenters. The molecule has 3 aromatic rings. The maximum absolute atomic E-state index is 13.2. The topological polar surface area (TPSA) is 30.7 Å². The highest BCUT2D eigenvalue weighted by atomic mass is 79.9. The van der Waals surface area contributed by atoms with E-state index in [0.717, 1.165) is 17.0 Å². The fourth-order valence-corrected chi connectivity index (χ4v) is 2.46. The summed E-state index contributed by atoms with van der Waals surface area (Å²) in [6, 6.07) is 8.85. The molecule has 0 bridgehead atoms. The van der Waals surface area contributed by atoms with Gasteiger partial charge in [-0.15, -0.1) is 0 Å². The van der Waals surface area contributed by atoms with E-state index in [9.17, 15) is 4.39 Å². The van der Waals surface area contributed by atoms with Gasteiger partial charge in [0.2, 0.25) is 0 Å². The zero-order chi connectivity index (χ0) is 13.9. The van der Waals surface area contributed by atoms with Gasteiger partial charge in [-0.2, -0.15) is 0 Å². The Bertz CT molecular complexity index is 725. The Morgan fingerprint density at radius 3 is 2.65 bits per heavy atom. The number of nitrogens with zero attached hydrogens (tertiary/aromatic N) is 3. The molecule has 0 amide bonds. The van der Waals surface area contributed by atoms with Crippen LogP contribution < -0.4 is 0 Å². The van der Waals surface area contributed by atoms with Crippen LogP contribution in [0, 0.1) is 5.82 Å². The number of pyridine rings is 1. The van der Waals surface area contributed by atoms with Crippen molar-refractivity contribution >= 4 is 15.9 Å². The van der Waals surface area contributed by atoms with Crippen molar-refractivity contribution in [3.8, 4) is 11.4 Å². The van der Waals surface area contributed by atoms with Gasteiger partial charge in [0.15, 0.2) is 0 Å². The van der Waals surface area contributed by atoms with Crippen molar-refractivity contribution in [3.63, 3.8) is 0 Å². The Labute approximate surface area is 124 Å². The number of hydrogen-bond donors (Lipinski definition) is 0. The average Bonchev–Trinajstić information content (AvgIpc) is 2.92. The molecule has 5 heteroatoms. The summed E-state index contributed by atoms with van der Waals surface area (Å²) in [5, 5.41) is 0. The normalized spacial score (nSPS) is 10.7. The molecular weight excluding hydrogens is 321 g/mol. The lowest BCUT2D eigenvalue weighted by atomic mass is 10.2. The summed E-state index contributed by atoms with van der Waals surface area (Å²) >= 11 is 3.21. The Kier molecular flexibility index (Phi) is 3.60. The quantitative estimate of drug-likeness (QED) is 0.728. The number of aromatic nitrogens is 3. The van der Waals surface area contributed by atoms with Gasteiger partial charge in [0.25, 0.3) is 0 Å². The van der Waals surface area contributed by atoms with Crippen molar-refractivity contribution in [2.75, 3.05) is 0 Å². The zero-order valence-electron chi connectivity index (χ0n) is 10.5. The molecule has 100 valence electrons. The van der Waals surface area contributed by atoms with Crippen molar-refractivity contribution in [2.45, 2.75) is 6.54 Å². The summed E-state index contributed by atoms with van der Waals surface area (Å²) in [6.07, 6.45) is 7.15. The van der Waals surface area contributed by atoms with Crippen LogP contribution in [0.3, 0.4) is 0 Å². The highest BCUT2D eigenvalue weighted by Gasteiger charge is 2.07. The molecule has 3 rings (SSSR count). The minimum atomic E-state index is -0.256. The Balaban J connectivity index is 1.92. The molecule has 2 heterocycles. The van der Waals surface area contributed by atoms with Gasteiger partial charge in [0.05, 0.1) is 4.47 Å². The molecule has 20 heavy (non-hydrogen) atoms. The minimum absolute atomic E-state index is 0.256. The summed E-state index contributed by atoms with van der Waals surface area (Å²) in [5.41, 5.74) is 2.01. The molecule has 0 unspecified atom stereocenters. The highest BCUT2D eigenvalue weighted by molar-refractivity contribution is 9.10. The van der Waals surface area contributed by atoms with E-state index in [-0.39, 0.29) is 5.82 Å². The molecule has 0 aliphatic rings. The molecule has 0 saturated carbocycles. The van der Waals surface area contributed by atoms with Crippen LogP contribution in [0.15, 0.2) is 59.6 Å². The summed E-state index contributed by atoms with van der Waals surface area (Å²) < 4.78 is 15.7. The first kappa shape index (κ1) is 13.0. The minimum Gasteiger partial charge on any atom is -0.327 e. The second-order valence-corrected chi connectivity index (χ2v) is 5.22. The van der Waals surface area contributed by atoms with Gasteiger partial charge < -0.3 is 4.57 Å². The summed E-state index contributed by atoms with van der Waals surface area (Å²) in [6.45, 7) is 0.635. The second-order valence-electron chi connectivity index (χ2n) is 4.36. The summed E-state index contributed by atoms with van der Waals surface area (Å²) in [5.74, 6) is 0.613. The van der Waals surface area contributed by atoms with Crippen molar-refractivity contribution in [1.29, 1.82) is 0 Å². The van der Waals surface area contributed by atoms with E-state index in [4.69, 9.17) is 0 Å². The first-order valence-electron chi connectivity index (χ1n) is 6.09. The number of halogens is 2. The van der Waals surface area contributed by atoms with Gasteiger partial charge >= 0.3 is 0 Å². The van der Waals surface area contributed by atoms with Crippen LogP contribution in [-0.2, 0) is 6.54 Å². The first-order chi connectivity index (χ1) is 9.74. The fraction of sp³-hybridized carbons (Fsp3) is 0.0667. The van der Waals surface area contributed by atoms with Crippen LogP contribution in [0.25, 0.3) is 11.4 Å². The molecule has 0 fully saturated rings. The van der Waals surface area contributed by atoms with Crippen LogP contribution in [0.4, 0.5) is 4.39 Å². The lowest BCUT2D eigenvalue weighted by Gasteiger charge is -2.08. The van der Waals surface area contributed by atoms with E-state index >= 15 is 0 Å². The monoisotopic (exact) mass is 331 g/mol.